The van der Waals surface area contributed by atoms with Gasteiger partial charge < -0.3 is 10.0 Å². The summed E-state index contributed by atoms with van der Waals surface area (Å²) in [6.45, 7) is 2.96. The second kappa shape index (κ2) is 5.63. The average molecular weight is 299 g/mol. The molecule has 1 aliphatic heterocycles. The summed E-state index contributed by atoms with van der Waals surface area (Å²) in [5.41, 5.74) is 2.69. The molecule has 114 valence electrons. The maximum atomic E-state index is 11.5. The summed E-state index contributed by atoms with van der Waals surface area (Å²) >= 11 is 0. The van der Waals surface area contributed by atoms with Gasteiger partial charge in [0.05, 0.1) is 6.54 Å². The molecular formula is C16H17N3O3. The molecule has 1 aromatic carbocycles. The topological polar surface area (TPSA) is 75.4 Å². The lowest BCUT2D eigenvalue weighted by Crippen LogP contribution is -2.35. The van der Waals surface area contributed by atoms with Crippen molar-refractivity contribution in [1.82, 2.24) is 14.7 Å². The molecule has 0 aliphatic carbocycles. The number of benzene rings is 1. The smallest absolute Gasteiger partial charge is 0.356 e. The minimum atomic E-state index is -1.05. The van der Waals surface area contributed by atoms with Gasteiger partial charge in [0, 0.05) is 37.7 Å². The third-order valence-corrected chi connectivity index (χ3v) is 3.96. The number of rotatable bonds is 3. The van der Waals surface area contributed by atoms with Crippen LogP contribution in [0.4, 0.5) is 0 Å². The number of carboxylic acid groups (broad SMARTS) is 1. The lowest BCUT2D eigenvalue weighted by Gasteiger charge is -2.26. The van der Waals surface area contributed by atoms with Crippen molar-refractivity contribution in [2.24, 2.45) is 0 Å². The summed E-state index contributed by atoms with van der Waals surface area (Å²) in [5, 5.41) is 13.6. The summed E-state index contributed by atoms with van der Waals surface area (Å²) < 4.78 is 1.76. The Bertz CT molecular complexity index is 722. The molecule has 2 aromatic rings. The first-order chi connectivity index (χ1) is 10.6. The Morgan fingerprint density at radius 2 is 2.00 bits per heavy atom. The number of carbonyl (C=O) groups is 2. The van der Waals surface area contributed by atoms with Gasteiger partial charge in [-0.25, -0.2) is 4.79 Å². The average Bonchev–Trinajstić information content (AvgIpc) is 2.86. The van der Waals surface area contributed by atoms with Crippen LogP contribution in [0.25, 0.3) is 0 Å². The summed E-state index contributed by atoms with van der Waals surface area (Å²) in [5.74, 6) is -1.09. The highest BCUT2D eigenvalue weighted by molar-refractivity contribution is 5.87. The van der Waals surface area contributed by atoms with Crippen molar-refractivity contribution in [3.8, 4) is 0 Å². The van der Waals surface area contributed by atoms with Gasteiger partial charge in [-0.15, -0.1) is 0 Å². The first kappa shape index (κ1) is 14.3. The molecule has 0 saturated heterocycles. The minimum Gasteiger partial charge on any atom is -0.476 e. The molecule has 0 unspecified atom stereocenters. The fourth-order valence-electron chi connectivity index (χ4n) is 2.82. The Kier molecular flexibility index (Phi) is 3.66. The Hall–Kier alpha value is -2.63. The first-order valence-corrected chi connectivity index (χ1v) is 7.17. The number of amides is 1. The maximum Gasteiger partial charge on any atom is 0.356 e. The van der Waals surface area contributed by atoms with Crippen molar-refractivity contribution in [2.45, 2.75) is 26.4 Å². The molecule has 0 atom stereocenters. The molecule has 22 heavy (non-hydrogen) atoms. The molecule has 1 amide bonds. The molecule has 2 heterocycles. The largest absolute Gasteiger partial charge is 0.476 e. The number of nitrogens with zero attached hydrogens (tertiary/aromatic N) is 3. The number of aromatic carboxylic acids is 1. The zero-order chi connectivity index (χ0) is 15.7. The van der Waals surface area contributed by atoms with Gasteiger partial charge >= 0.3 is 5.97 Å². The fourth-order valence-corrected chi connectivity index (χ4v) is 2.82. The quantitative estimate of drug-likeness (QED) is 0.932. The van der Waals surface area contributed by atoms with E-state index < -0.39 is 5.97 Å². The van der Waals surface area contributed by atoms with Crippen molar-refractivity contribution in [1.29, 1.82) is 0 Å². The van der Waals surface area contributed by atoms with Crippen molar-refractivity contribution >= 4 is 11.9 Å². The van der Waals surface area contributed by atoms with Crippen LogP contribution in [-0.2, 0) is 24.3 Å². The van der Waals surface area contributed by atoms with E-state index in [0.29, 0.717) is 31.6 Å². The SMILES string of the molecule is CC(=O)N1CCc2c(c(C(=O)O)nn2Cc2ccccc2)C1. The van der Waals surface area contributed by atoms with E-state index in [1.807, 2.05) is 30.3 Å². The van der Waals surface area contributed by atoms with Gasteiger partial charge in [-0.3, -0.25) is 9.48 Å². The van der Waals surface area contributed by atoms with Crippen LogP contribution in [0.15, 0.2) is 30.3 Å². The zero-order valence-electron chi connectivity index (χ0n) is 12.3. The van der Waals surface area contributed by atoms with Crippen LogP contribution >= 0.6 is 0 Å². The molecule has 1 aromatic heterocycles. The molecule has 1 aliphatic rings. The van der Waals surface area contributed by atoms with Crippen LogP contribution in [0, 0.1) is 0 Å². The molecule has 6 nitrogen and oxygen atoms in total. The predicted molar refractivity (Wildman–Crippen MR) is 79.5 cm³/mol. The van der Waals surface area contributed by atoms with E-state index in [1.165, 1.54) is 6.92 Å². The second-order valence-electron chi connectivity index (χ2n) is 5.41. The van der Waals surface area contributed by atoms with Crippen LogP contribution in [0.3, 0.4) is 0 Å². The molecule has 1 N–H and O–H groups in total. The highest BCUT2D eigenvalue weighted by atomic mass is 16.4. The van der Waals surface area contributed by atoms with E-state index in [0.717, 1.165) is 11.3 Å². The van der Waals surface area contributed by atoms with Crippen molar-refractivity contribution in [3.05, 3.63) is 52.8 Å². The van der Waals surface area contributed by atoms with Crippen molar-refractivity contribution < 1.29 is 14.7 Å². The van der Waals surface area contributed by atoms with E-state index in [4.69, 9.17) is 0 Å². The molecule has 0 saturated carbocycles. The second-order valence-corrected chi connectivity index (χ2v) is 5.41. The maximum absolute atomic E-state index is 11.5. The van der Waals surface area contributed by atoms with E-state index in [9.17, 15) is 14.7 Å². The van der Waals surface area contributed by atoms with E-state index in [-0.39, 0.29) is 11.6 Å². The number of hydrogen-bond donors (Lipinski definition) is 1. The van der Waals surface area contributed by atoms with E-state index in [1.54, 1.807) is 9.58 Å². The number of hydrogen-bond acceptors (Lipinski definition) is 3. The van der Waals surface area contributed by atoms with Crippen LogP contribution in [-0.4, -0.2) is 38.2 Å². The Morgan fingerprint density at radius 1 is 1.27 bits per heavy atom. The number of carboxylic acids is 1. The summed E-state index contributed by atoms with van der Waals surface area (Å²) in [6, 6.07) is 9.80. The van der Waals surface area contributed by atoms with Gasteiger partial charge in [0.15, 0.2) is 5.69 Å². The standard InChI is InChI=1S/C16H17N3O3/c1-11(20)18-8-7-14-13(10-18)15(16(21)22)17-19(14)9-12-5-3-2-4-6-12/h2-6H,7-10H2,1H3,(H,21,22). The van der Waals surface area contributed by atoms with Gasteiger partial charge in [-0.2, -0.15) is 5.10 Å². The predicted octanol–water partition coefficient (Wildman–Crippen LogP) is 1.53. The molecule has 3 rings (SSSR count). The lowest BCUT2D eigenvalue weighted by molar-refractivity contribution is -0.129. The van der Waals surface area contributed by atoms with E-state index >= 15 is 0 Å². The number of fused-ring (bicyclic) bond motifs is 1. The van der Waals surface area contributed by atoms with Crippen LogP contribution in [0.1, 0.15) is 34.2 Å². The Morgan fingerprint density at radius 3 is 2.64 bits per heavy atom. The van der Waals surface area contributed by atoms with E-state index in [2.05, 4.69) is 5.10 Å². The van der Waals surface area contributed by atoms with Crippen molar-refractivity contribution in [3.63, 3.8) is 0 Å². The number of carbonyl (C=O) groups excluding carboxylic acids is 1. The van der Waals surface area contributed by atoms with Gasteiger partial charge in [-0.1, -0.05) is 30.3 Å². The third-order valence-electron chi connectivity index (χ3n) is 3.96. The molecule has 0 spiro atoms. The molecule has 6 heteroatoms. The fraction of sp³-hybridized carbons (Fsp3) is 0.312. The molecular weight excluding hydrogens is 282 g/mol. The lowest BCUT2D eigenvalue weighted by atomic mass is 10.0. The zero-order valence-corrected chi connectivity index (χ0v) is 12.3. The van der Waals surface area contributed by atoms with Gasteiger partial charge in [0.1, 0.15) is 0 Å². The highest BCUT2D eigenvalue weighted by Gasteiger charge is 2.28. The Labute approximate surface area is 128 Å². The van der Waals surface area contributed by atoms with Crippen LogP contribution in [0.5, 0.6) is 0 Å². The number of aromatic nitrogens is 2. The Balaban J connectivity index is 1.98. The summed E-state index contributed by atoms with van der Waals surface area (Å²) in [4.78, 5) is 24.6. The van der Waals surface area contributed by atoms with Crippen LogP contribution < -0.4 is 0 Å². The monoisotopic (exact) mass is 299 g/mol. The molecule has 0 radical (unpaired) electrons. The summed E-state index contributed by atoms with van der Waals surface area (Å²) in [6.07, 6.45) is 0.627. The normalized spacial score (nSPS) is 13.8. The van der Waals surface area contributed by atoms with Gasteiger partial charge in [-0.05, 0) is 5.56 Å². The van der Waals surface area contributed by atoms with Crippen LogP contribution in [0.2, 0.25) is 0 Å². The minimum absolute atomic E-state index is 0.0437. The third kappa shape index (κ3) is 2.59. The highest BCUT2D eigenvalue weighted by Crippen LogP contribution is 2.23. The van der Waals surface area contributed by atoms with Gasteiger partial charge in [0.25, 0.3) is 0 Å². The van der Waals surface area contributed by atoms with Gasteiger partial charge in [0.2, 0.25) is 5.91 Å². The molecule has 0 bridgehead atoms. The first-order valence-electron chi connectivity index (χ1n) is 7.17. The summed E-state index contributed by atoms with van der Waals surface area (Å²) in [7, 11) is 0. The molecule has 0 fully saturated rings. The van der Waals surface area contributed by atoms with Crippen molar-refractivity contribution in [2.75, 3.05) is 6.54 Å².